The lowest BCUT2D eigenvalue weighted by Crippen LogP contribution is -2.45. The molecule has 2 amide bonds. The van der Waals surface area contributed by atoms with Gasteiger partial charge in [-0.25, -0.2) is 9.18 Å². The van der Waals surface area contributed by atoms with Crippen LogP contribution < -0.4 is 15.4 Å². The number of rotatable bonds is 6. The lowest BCUT2D eigenvalue weighted by Gasteiger charge is -2.38. The Bertz CT molecular complexity index is 1620. The zero-order valence-electron chi connectivity index (χ0n) is 25.0. The molecule has 1 aliphatic heterocycles. The minimum atomic E-state index is -1.33. The molecule has 1 spiro atoms. The van der Waals surface area contributed by atoms with E-state index in [1.807, 2.05) is 13.0 Å². The third kappa shape index (κ3) is 5.24. The minimum absolute atomic E-state index is 0.0957. The number of carbonyl (C=O) groups excluding carboxylic acids is 3. The zero-order valence-corrected chi connectivity index (χ0v) is 25.8. The molecule has 1 aliphatic carbocycles. The molecular formula is C33H35ClFN3O5. The Morgan fingerprint density at radius 3 is 2.60 bits per heavy atom. The molecule has 5 rings (SSSR count). The van der Waals surface area contributed by atoms with Gasteiger partial charge in [-0.2, -0.15) is 0 Å². The van der Waals surface area contributed by atoms with Gasteiger partial charge in [-0.1, -0.05) is 44.5 Å². The first kappa shape index (κ1) is 30.5. The molecule has 1 saturated carbocycles. The zero-order chi connectivity index (χ0) is 31.3. The van der Waals surface area contributed by atoms with Crippen molar-refractivity contribution >= 4 is 40.8 Å². The summed E-state index contributed by atoms with van der Waals surface area (Å²) in [6.45, 7) is 8.11. The summed E-state index contributed by atoms with van der Waals surface area (Å²) in [7, 11) is 2.70. The van der Waals surface area contributed by atoms with Gasteiger partial charge in [-0.3, -0.25) is 14.6 Å². The quantitative estimate of drug-likeness (QED) is 0.303. The predicted molar refractivity (Wildman–Crippen MR) is 162 cm³/mol. The molecule has 10 heteroatoms. The topological polar surface area (TPSA) is 107 Å². The summed E-state index contributed by atoms with van der Waals surface area (Å²) in [5, 5.41) is 5.86. The van der Waals surface area contributed by atoms with E-state index in [9.17, 15) is 14.4 Å². The number of nitrogens with one attached hydrogen (secondary N) is 2. The number of esters is 1. The number of nitrogens with zero attached hydrogens (tertiary/aromatic N) is 1. The summed E-state index contributed by atoms with van der Waals surface area (Å²) < 4.78 is 26.3. The Morgan fingerprint density at radius 1 is 1.19 bits per heavy atom. The van der Waals surface area contributed by atoms with Crippen molar-refractivity contribution < 1.29 is 28.2 Å². The van der Waals surface area contributed by atoms with E-state index in [1.54, 1.807) is 24.4 Å². The van der Waals surface area contributed by atoms with E-state index < -0.39 is 34.9 Å². The fourth-order valence-corrected chi connectivity index (χ4v) is 7.11. The third-order valence-electron chi connectivity index (χ3n) is 8.51. The molecule has 8 nitrogen and oxygen atoms in total. The summed E-state index contributed by atoms with van der Waals surface area (Å²) in [5.74, 6) is -3.82. The van der Waals surface area contributed by atoms with Crippen LogP contribution in [-0.2, 0) is 19.7 Å². The molecular weight excluding hydrogens is 573 g/mol. The number of halogens is 2. The molecule has 1 aromatic heterocycles. The lowest BCUT2D eigenvalue weighted by molar-refractivity contribution is -0.123. The Hall–Kier alpha value is -3.98. The van der Waals surface area contributed by atoms with Crippen LogP contribution in [-0.4, -0.2) is 37.0 Å². The van der Waals surface area contributed by atoms with Crippen molar-refractivity contribution in [1.82, 2.24) is 4.98 Å². The fraction of sp³-hybridized carbons (Fsp3) is 0.394. The number of benzene rings is 2. The Labute approximate surface area is 255 Å². The van der Waals surface area contributed by atoms with Crippen molar-refractivity contribution in [1.29, 1.82) is 0 Å². The summed E-state index contributed by atoms with van der Waals surface area (Å²) in [4.78, 5) is 45.4. The van der Waals surface area contributed by atoms with Gasteiger partial charge in [0.1, 0.15) is 17.0 Å². The standard InChI is InChI=1S/C33H35ClFN3O5/c1-17-12-24-28(36-16-17)33(31(41)38-24)19(15-32(2,3)4)14-21(26(33)20-8-7-9-22(34)27(20)35)29(39)37-23-11-10-18(30(40)43-6)13-25(23)42-5/h7-13,16,19,21,26H,14-15H2,1-6H3,(H,37,39)(H,38,41)/t19-,21+,26-,33+/m0/s1. The summed E-state index contributed by atoms with van der Waals surface area (Å²) in [6.07, 6.45) is 2.57. The SMILES string of the molecule is COC(=O)c1ccc(NC(=O)[C@@H]2C[C@@H](CC(C)(C)C)[C@@]3(C(=O)Nc4cc(C)cnc43)[C@H]2c2cccc(Cl)c2F)c(OC)c1. The Morgan fingerprint density at radius 2 is 1.93 bits per heavy atom. The van der Waals surface area contributed by atoms with Crippen LogP contribution in [0.3, 0.4) is 0 Å². The number of pyridine rings is 1. The average Bonchev–Trinajstić information content (AvgIpc) is 3.43. The van der Waals surface area contributed by atoms with E-state index in [2.05, 4.69) is 31.4 Å². The van der Waals surface area contributed by atoms with Crippen LogP contribution in [0.4, 0.5) is 15.8 Å². The maximum absolute atomic E-state index is 16.0. The van der Waals surface area contributed by atoms with Crippen LogP contribution in [0.25, 0.3) is 0 Å². The van der Waals surface area contributed by atoms with Crippen molar-refractivity contribution in [3.8, 4) is 5.75 Å². The van der Waals surface area contributed by atoms with Gasteiger partial charge in [-0.05, 0) is 72.6 Å². The predicted octanol–water partition coefficient (Wildman–Crippen LogP) is 6.66. The van der Waals surface area contributed by atoms with E-state index in [1.165, 1.54) is 32.4 Å². The van der Waals surface area contributed by atoms with Crippen LogP contribution >= 0.6 is 11.6 Å². The Kier molecular flexibility index (Phi) is 7.98. The van der Waals surface area contributed by atoms with Gasteiger partial charge >= 0.3 is 5.97 Å². The number of carbonyl (C=O) groups is 3. The molecule has 2 aliphatic rings. The first-order valence-electron chi connectivity index (χ1n) is 14.1. The second-order valence-electron chi connectivity index (χ2n) is 12.6. The monoisotopic (exact) mass is 607 g/mol. The lowest BCUT2D eigenvalue weighted by atomic mass is 9.63. The van der Waals surface area contributed by atoms with Crippen LogP contribution in [0.1, 0.15) is 66.7 Å². The average molecular weight is 608 g/mol. The van der Waals surface area contributed by atoms with Gasteiger partial charge in [0, 0.05) is 18.0 Å². The highest BCUT2D eigenvalue weighted by Crippen LogP contribution is 2.63. The molecule has 2 N–H and O–H groups in total. The van der Waals surface area contributed by atoms with Crippen LogP contribution in [0.15, 0.2) is 48.7 Å². The van der Waals surface area contributed by atoms with E-state index in [-0.39, 0.29) is 39.1 Å². The molecule has 0 unspecified atom stereocenters. The second kappa shape index (κ2) is 11.3. The molecule has 3 aromatic rings. The highest BCUT2D eigenvalue weighted by molar-refractivity contribution is 6.30. The number of hydrogen-bond donors (Lipinski definition) is 2. The largest absolute Gasteiger partial charge is 0.495 e. The highest BCUT2D eigenvalue weighted by atomic mass is 35.5. The number of amides is 2. The van der Waals surface area contributed by atoms with E-state index in [0.717, 1.165) is 5.56 Å². The summed E-state index contributed by atoms with van der Waals surface area (Å²) in [6, 6.07) is 11.1. The van der Waals surface area contributed by atoms with E-state index in [0.29, 0.717) is 29.9 Å². The maximum Gasteiger partial charge on any atom is 0.337 e. The number of aromatic nitrogens is 1. The molecule has 0 radical (unpaired) electrons. The number of ether oxygens (including phenoxy) is 2. The van der Waals surface area contributed by atoms with Gasteiger partial charge in [0.2, 0.25) is 11.8 Å². The molecule has 43 heavy (non-hydrogen) atoms. The first-order valence-corrected chi connectivity index (χ1v) is 14.5. The molecule has 2 heterocycles. The van der Waals surface area contributed by atoms with Crippen molar-refractivity contribution in [3.63, 3.8) is 0 Å². The van der Waals surface area contributed by atoms with Crippen LogP contribution in [0, 0.1) is 30.0 Å². The van der Waals surface area contributed by atoms with Crippen molar-refractivity contribution in [2.45, 2.75) is 51.9 Å². The first-order chi connectivity index (χ1) is 20.3. The molecule has 4 atom stereocenters. The number of anilines is 2. The van der Waals surface area contributed by atoms with Crippen molar-refractivity contribution in [2.24, 2.45) is 17.3 Å². The molecule has 0 bridgehead atoms. The third-order valence-corrected chi connectivity index (χ3v) is 8.80. The van der Waals surface area contributed by atoms with Crippen molar-refractivity contribution in [3.05, 3.63) is 81.9 Å². The fourth-order valence-electron chi connectivity index (χ4n) is 6.92. The van der Waals surface area contributed by atoms with Crippen LogP contribution in [0.5, 0.6) is 5.75 Å². The maximum atomic E-state index is 16.0. The van der Waals surface area contributed by atoms with Gasteiger partial charge in [-0.15, -0.1) is 0 Å². The summed E-state index contributed by atoms with van der Waals surface area (Å²) in [5.41, 5.74) is 1.15. The molecule has 2 aromatic carbocycles. The van der Waals surface area contributed by atoms with Crippen molar-refractivity contribution in [2.75, 3.05) is 24.9 Å². The van der Waals surface area contributed by atoms with Gasteiger partial charge < -0.3 is 20.1 Å². The van der Waals surface area contributed by atoms with E-state index >= 15 is 4.39 Å². The molecule has 0 saturated heterocycles. The smallest absolute Gasteiger partial charge is 0.337 e. The number of fused-ring (bicyclic) bond motifs is 2. The number of methoxy groups -OCH3 is 2. The second-order valence-corrected chi connectivity index (χ2v) is 13.0. The van der Waals surface area contributed by atoms with Gasteiger partial charge in [0.15, 0.2) is 0 Å². The molecule has 226 valence electrons. The highest BCUT2D eigenvalue weighted by Gasteiger charge is 2.67. The summed E-state index contributed by atoms with van der Waals surface area (Å²) >= 11 is 6.29. The van der Waals surface area contributed by atoms with Gasteiger partial charge in [0.25, 0.3) is 0 Å². The number of hydrogen-bond acceptors (Lipinski definition) is 6. The van der Waals surface area contributed by atoms with Crippen LogP contribution in [0.2, 0.25) is 5.02 Å². The normalized spacial score (nSPS) is 22.7. The van der Waals surface area contributed by atoms with Gasteiger partial charge in [0.05, 0.1) is 41.9 Å². The minimum Gasteiger partial charge on any atom is -0.495 e. The Balaban J connectivity index is 1.68. The van der Waals surface area contributed by atoms with E-state index in [4.69, 9.17) is 26.1 Å². The number of aryl methyl sites for hydroxylation is 1. The molecule has 1 fully saturated rings.